The SMILES string of the molecule is Cc1ccccc1Cc1nc2c(c(Cc3ccccc3C)n1)CCC2. The topological polar surface area (TPSA) is 25.8 Å². The van der Waals surface area contributed by atoms with Crippen LogP contribution in [0.15, 0.2) is 48.5 Å². The van der Waals surface area contributed by atoms with Gasteiger partial charge in [-0.2, -0.15) is 0 Å². The fraction of sp³-hybridized carbons (Fsp3) is 0.304. The summed E-state index contributed by atoms with van der Waals surface area (Å²) in [6.07, 6.45) is 5.16. The van der Waals surface area contributed by atoms with Crippen LogP contribution in [0, 0.1) is 13.8 Å². The second-order valence-electron chi connectivity index (χ2n) is 7.07. The van der Waals surface area contributed by atoms with Crippen LogP contribution in [-0.4, -0.2) is 9.97 Å². The van der Waals surface area contributed by atoms with E-state index in [2.05, 4.69) is 62.4 Å². The standard InChI is InChI=1S/C23H24N2/c1-16-8-3-5-10-18(16)14-22-20-12-7-13-21(20)24-23(25-22)15-19-11-6-4-9-17(19)2/h3-6,8-11H,7,12-15H2,1-2H3. The molecule has 1 aliphatic carbocycles. The van der Waals surface area contributed by atoms with Crippen LogP contribution in [0.5, 0.6) is 0 Å². The summed E-state index contributed by atoms with van der Waals surface area (Å²) in [5.41, 5.74) is 9.26. The van der Waals surface area contributed by atoms with Crippen LogP contribution in [0.4, 0.5) is 0 Å². The number of aromatic nitrogens is 2. The average Bonchev–Trinajstić information content (AvgIpc) is 3.08. The van der Waals surface area contributed by atoms with E-state index in [1.165, 1.54) is 45.6 Å². The predicted octanol–water partition coefficient (Wildman–Crippen LogP) is 4.76. The highest BCUT2D eigenvalue weighted by molar-refractivity contribution is 5.37. The molecule has 2 aromatic carbocycles. The van der Waals surface area contributed by atoms with Crippen molar-refractivity contribution >= 4 is 0 Å². The van der Waals surface area contributed by atoms with E-state index in [0.29, 0.717) is 0 Å². The van der Waals surface area contributed by atoms with Gasteiger partial charge >= 0.3 is 0 Å². The molecule has 126 valence electrons. The van der Waals surface area contributed by atoms with Crippen LogP contribution < -0.4 is 0 Å². The van der Waals surface area contributed by atoms with Crippen molar-refractivity contribution in [3.05, 3.63) is 93.6 Å². The summed E-state index contributed by atoms with van der Waals surface area (Å²) in [5.74, 6) is 0.971. The Morgan fingerprint density at radius 2 is 1.40 bits per heavy atom. The molecule has 0 amide bonds. The molecule has 0 N–H and O–H groups in total. The lowest BCUT2D eigenvalue weighted by molar-refractivity contribution is 0.870. The summed E-state index contributed by atoms with van der Waals surface area (Å²) in [7, 11) is 0. The Morgan fingerprint density at radius 1 is 0.760 bits per heavy atom. The van der Waals surface area contributed by atoms with E-state index < -0.39 is 0 Å². The Labute approximate surface area is 150 Å². The van der Waals surface area contributed by atoms with Crippen LogP contribution in [0.1, 0.15) is 51.5 Å². The van der Waals surface area contributed by atoms with Crippen LogP contribution in [0.3, 0.4) is 0 Å². The first kappa shape index (κ1) is 16.0. The van der Waals surface area contributed by atoms with E-state index in [-0.39, 0.29) is 0 Å². The van der Waals surface area contributed by atoms with Crippen molar-refractivity contribution in [2.75, 3.05) is 0 Å². The first-order valence-corrected chi connectivity index (χ1v) is 9.17. The van der Waals surface area contributed by atoms with Gasteiger partial charge in [-0.25, -0.2) is 9.97 Å². The Bertz CT molecular complexity index is 912. The normalized spacial score (nSPS) is 13.0. The molecule has 0 aliphatic heterocycles. The molecule has 0 saturated carbocycles. The van der Waals surface area contributed by atoms with E-state index in [4.69, 9.17) is 9.97 Å². The maximum Gasteiger partial charge on any atom is 0.133 e. The largest absolute Gasteiger partial charge is 0.237 e. The molecule has 1 aliphatic rings. The first-order chi connectivity index (χ1) is 12.2. The van der Waals surface area contributed by atoms with Gasteiger partial charge < -0.3 is 0 Å². The third-order valence-corrected chi connectivity index (χ3v) is 5.29. The fourth-order valence-corrected chi connectivity index (χ4v) is 3.76. The third-order valence-electron chi connectivity index (χ3n) is 5.29. The molecular formula is C23H24N2. The zero-order valence-corrected chi connectivity index (χ0v) is 15.0. The molecule has 0 radical (unpaired) electrons. The summed E-state index contributed by atoms with van der Waals surface area (Å²) in [4.78, 5) is 9.91. The summed E-state index contributed by atoms with van der Waals surface area (Å²) in [6.45, 7) is 4.35. The molecule has 2 heteroatoms. The molecule has 4 rings (SSSR count). The monoisotopic (exact) mass is 328 g/mol. The second-order valence-corrected chi connectivity index (χ2v) is 7.07. The van der Waals surface area contributed by atoms with Gasteiger partial charge in [0.1, 0.15) is 5.82 Å². The second kappa shape index (κ2) is 6.79. The maximum absolute atomic E-state index is 5.01. The Kier molecular flexibility index (Phi) is 4.35. The van der Waals surface area contributed by atoms with E-state index in [1.807, 2.05) is 0 Å². The van der Waals surface area contributed by atoms with Crippen LogP contribution >= 0.6 is 0 Å². The zero-order valence-electron chi connectivity index (χ0n) is 15.0. The Morgan fingerprint density at radius 3 is 2.08 bits per heavy atom. The van der Waals surface area contributed by atoms with Crippen molar-refractivity contribution in [1.82, 2.24) is 9.97 Å². The Hall–Kier alpha value is -2.48. The van der Waals surface area contributed by atoms with Crippen molar-refractivity contribution in [2.24, 2.45) is 0 Å². The zero-order chi connectivity index (χ0) is 17.2. The third kappa shape index (κ3) is 3.34. The van der Waals surface area contributed by atoms with Gasteiger partial charge in [0.15, 0.2) is 0 Å². The highest BCUT2D eigenvalue weighted by Gasteiger charge is 2.20. The van der Waals surface area contributed by atoms with Gasteiger partial charge in [-0.15, -0.1) is 0 Å². The van der Waals surface area contributed by atoms with Crippen molar-refractivity contribution in [3.8, 4) is 0 Å². The van der Waals surface area contributed by atoms with Gasteiger partial charge in [-0.05, 0) is 60.9 Å². The predicted molar refractivity (Wildman–Crippen MR) is 102 cm³/mol. The molecule has 0 bridgehead atoms. The lowest BCUT2D eigenvalue weighted by Gasteiger charge is -2.12. The average molecular weight is 328 g/mol. The van der Waals surface area contributed by atoms with Crippen molar-refractivity contribution in [3.63, 3.8) is 0 Å². The van der Waals surface area contributed by atoms with Gasteiger partial charge in [0, 0.05) is 18.5 Å². The van der Waals surface area contributed by atoms with Crippen LogP contribution in [0.25, 0.3) is 0 Å². The van der Waals surface area contributed by atoms with Crippen LogP contribution in [-0.2, 0) is 25.7 Å². The van der Waals surface area contributed by atoms with E-state index in [9.17, 15) is 0 Å². The van der Waals surface area contributed by atoms with Crippen molar-refractivity contribution in [2.45, 2.75) is 46.0 Å². The number of rotatable bonds is 4. The molecule has 0 unspecified atom stereocenters. The molecule has 25 heavy (non-hydrogen) atoms. The van der Waals surface area contributed by atoms with E-state index >= 15 is 0 Å². The minimum Gasteiger partial charge on any atom is -0.237 e. The van der Waals surface area contributed by atoms with Gasteiger partial charge in [0.05, 0.1) is 5.69 Å². The molecule has 1 heterocycles. The quantitative estimate of drug-likeness (QED) is 0.690. The Balaban J connectivity index is 1.71. The van der Waals surface area contributed by atoms with E-state index in [1.54, 1.807) is 0 Å². The minimum atomic E-state index is 0.820. The summed E-state index contributed by atoms with van der Waals surface area (Å²) in [5, 5.41) is 0. The number of fused-ring (bicyclic) bond motifs is 1. The smallest absolute Gasteiger partial charge is 0.133 e. The molecule has 0 spiro atoms. The van der Waals surface area contributed by atoms with Crippen LogP contribution in [0.2, 0.25) is 0 Å². The fourth-order valence-electron chi connectivity index (χ4n) is 3.76. The number of hydrogen-bond acceptors (Lipinski definition) is 2. The van der Waals surface area contributed by atoms with Crippen molar-refractivity contribution < 1.29 is 0 Å². The maximum atomic E-state index is 5.01. The summed E-state index contributed by atoms with van der Waals surface area (Å²) >= 11 is 0. The first-order valence-electron chi connectivity index (χ1n) is 9.17. The summed E-state index contributed by atoms with van der Waals surface area (Å²) < 4.78 is 0. The number of benzene rings is 2. The molecule has 3 aromatic rings. The minimum absolute atomic E-state index is 0.820. The molecule has 2 nitrogen and oxygen atoms in total. The van der Waals surface area contributed by atoms with Gasteiger partial charge in [0.25, 0.3) is 0 Å². The molecular weight excluding hydrogens is 304 g/mol. The number of nitrogens with zero attached hydrogens (tertiary/aromatic N) is 2. The number of hydrogen-bond donors (Lipinski definition) is 0. The molecule has 0 atom stereocenters. The van der Waals surface area contributed by atoms with Gasteiger partial charge in [0.2, 0.25) is 0 Å². The van der Waals surface area contributed by atoms with Crippen molar-refractivity contribution in [1.29, 1.82) is 0 Å². The highest BCUT2D eigenvalue weighted by atomic mass is 14.9. The lowest BCUT2D eigenvalue weighted by Crippen LogP contribution is -2.08. The molecule has 0 fully saturated rings. The molecule has 0 saturated heterocycles. The number of aryl methyl sites for hydroxylation is 3. The highest BCUT2D eigenvalue weighted by Crippen LogP contribution is 2.26. The lowest BCUT2D eigenvalue weighted by atomic mass is 10.00. The molecule has 1 aromatic heterocycles. The van der Waals surface area contributed by atoms with E-state index in [0.717, 1.165) is 31.5 Å². The summed E-state index contributed by atoms with van der Waals surface area (Å²) in [6, 6.07) is 17.2. The van der Waals surface area contributed by atoms with Gasteiger partial charge in [-0.3, -0.25) is 0 Å². The van der Waals surface area contributed by atoms with Gasteiger partial charge in [-0.1, -0.05) is 48.5 Å².